The van der Waals surface area contributed by atoms with Crippen molar-refractivity contribution in [3.05, 3.63) is 22.4 Å². The van der Waals surface area contributed by atoms with Crippen molar-refractivity contribution >= 4 is 29.1 Å². The SMILES string of the molecule is COC(=O)CSC(c1cccs1)C(C)N. The van der Waals surface area contributed by atoms with Crippen molar-refractivity contribution in [1.29, 1.82) is 0 Å². The average Bonchev–Trinajstić information content (AvgIpc) is 2.70. The molecule has 1 heterocycles. The number of nitrogens with two attached hydrogens (primary N) is 1. The summed E-state index contributed by atoms with van der Waals surface area (Å²) in [7, 11) is 1.40. The van der Waals surface area contributed by atoms with Gasteiger partial charge in [-0.25, -0.2) is 0 Å². The Kier molecular flexibility index (Phi) is 5.14. The van der Waals surface area contributed by atoms with Gasteiger partial charge in [0, 0.05) is 10.9 Å². The Bertz CT molecular complexity index is 298. The molecule has 1 aromatic heterocycles. The summed E-state index contributed by atoms with van der Waals surface area (Å²) >= 11 is 3.20. The molecule has 0 aliphatic carbocycles. The predicted molar refractivity (Wildman–Crippen MR) is 65.2 cm³/mol. The molecule has 0 amide bonds. The maximum atomic E-state index is 11.0. The van der Waals surface area contributed by atoms with Crippen molar-refractivity contribution < 1.29 is 9.53 Å². The molecule has 2 N–H and O–H groups in total. The fourth-order valence-electron chi connectivity index (χ4n) is 1.16. The second-order valence-electron chi connectivity index (χ2n) is 3.18. The first kappa shape index (κ1) is 12.5. The number of esters is 1. The maximum absolute atomic E-state index is 11.0. The third-order valence-corrected chi connectivity index (χ3v) is 4.46. The minimum absolute atomic E-state index is 0.0262. The van der Waals surface area contributed by atoms with Crippen LogP contribution in [0.1, 0.15) is 17.1 Å². The highest BCUT2D eigenvalue weighted by atomic mass is 32.2. The normalized spacial score (nSPS) is 14.6. The summed E-state index contributed by atoms with van der Waals surface area (Å²) < 4.78 is 4.60. The van der Waals surface area contributed by atoms with Crippen molar-refractivity contribution in [3.63, 3.8) is 0 Å². The molecule has 0 radical (unpaired) electrons. The van der Waals surface area contributed by atoms with E-state index in [0.717, 1.165) is 0 Å². The van der Waals surface area contributed by atoms with Crippen LogP contribution in [-0.4, -0.2) is 24.9 Å². The Morgan fingerprint density at radius 1 is 1.73 bits per heavy atom. The Morgan fingerprint density at radius 3 is 2.93 bits per heavy atom. The summed E-state index contributed by atoms with van der Waals surface area (Å²) in [5.74, 6) is 0.142. The largest absolute Gasteiger partial charge is 0.468 e. The van der Waals surface area contributed by atoms with Crippen LogP contribution in [0.3, 0.4) is 0 Å². The van der Waals surface area contributed by atoms with E-state index in [1.165, 1.54) is 23.7 Å². The Balaban J connectivity index is 2.56. The van der Waals surface area contributed by atoms with Crippen LogP contribution in [0.5, 0.6) is 0 Å². The van der Waals surface area contributed by atoms with Gasteiger partial charge in [0.1, 0.15) is 0 Å². The van der Waals surface area contributed by atoms with Crippen molar-refractivity contribution in [2.45, 2.75) is 18.2 Å². The van der Waals surface area contributed by atoms with Crippen LogP contribution in [-0.2, 0) is 9.53 Å². The molecule has 0 aliphatic heterocycles. The zero-order chi connectivity index (χ0) is 11.3. The Labute approximate surface area is 98.0 Å². The molecule has 1 aromatic rings. The maximum Gasteiger partial charge on any atom is 0.315 e. The first-order chi connectivity index (χ1) is 7.15. The number of thioether (sulfide) groups is 1. The molecule has 0 spiro atoms. The van der Waals surface area contributed by atoms with Crippen LogP contribution in [0.25, 0.3) is 0 Å². The van der Waals surface area contributed by atoms with Crippen LogP contribution in [0.15, 0.2) is 17.5 Å². The van der Waals surface area contributed by atoms with Gasteiger partial charge in [0.25, 0.3) is 0 Å². The highest BCUT2D eigenvalue weighted by Crippen LogP contribution is 2.34. The number of rotatable bonds is 5. The molecule has 0 bridgehead atoms. The molecule has 3 nitrogen and oxygen atoms in total. The molecule has 0 fully saturated rings. The lowest BCUT2D eigenvalue weighted by molar-refractivity contribution is -0.137. The molecule has 5 heteroatoms. The highest BCUT2D eigenvalue weighted by Gasteiger charge is 2.19. The number of carbonyl (C=O) groups excluding carboxylic acids is 1. The van der Waals surface area contributed by atoms with Crippen molar-refractivity contribution in [2.75, 3.05) is 12.9 Å². The summed E-state index contributed by atoms with van der Waals surface area (Å²) in [5, 5.41) is 2.19. The zero-order valence-corrected chi connectivity index (χ0v) is 10.4. The van der Waals surface area contributed by atoms with E-state index in [2.05, 4.69) is 4.74 Å². The molecule has 0 saturated carbocycles. The number of carbonyl (C=O) groups is 1. The standard InChI is InChI=1S/C10H15NO2S2/c1-7(11)10(8-4-3-5-14-8)15-6-9(12)13-2/h3-5,7,10H,6,11H2,1-2H3. The topological polar surface area (TPSA) is 52.3 Å². The first-order valence-corrected chi connectivity index (χ1v) is 6.55. The number of hydrogen-bond acceptors (Lipinski definition) is 5. The van der Waals surface area contributed by atoms with Crippen molar-refractivity contribution in [2.24, 2.45) is 5.73 Å². The van der Waals surface area contributed by atoms with Gasteiger partial charge in [0.15, 0.2) is 0 Å². The van der Waals surface area contributed by atoms with E-state index in [-0.39, 0.29) is 17.3 Å². The minimum atomic E-state index is -0.206. The predicted octanol–water partition coefficient (Wildman–Crippen LogP) is 2.04. The lowest BCUT2D eigenvalue weighted by Gasteiger charge is -2.18. The van der Waals surface area contributed by atoms with Crippen LogP contribution in [0, 0.1) is 0 Å². The number of methoxy groups -OCH3 is 1. The van der Waals surface area contributed by atoms with E-state index in [4.69, 9.17) is 5.73 Å². The van der Waals surface area contributed by atoms with Gasteiger partial charge < -0.3 is 10.5 Å². The summed E-state index contributed by atoms with van der Waals surface area (Å²) in [6, 6.07) is 4.06. The molecule has 2 unspecified atom stereocenters. The van der Waals surface area contributed by atoms with E-state index in [0.29, 0.717) is 5.75 Å². The molecular weight excluding hydrogens is 230 g/mol. The second kappa shape index (κ2) is 6.15. The number of ether oxygens (including phenoxy) is 1. The molecule has 2 atom stereocenters. The minimum Gasteiger partial charge on any atom is -0.468 e. The second-order valence-corrected chi connectivity index (χ2v) is 5.29. The van der Waals surface area contributed by atoms with Crippen LogP contribution < -0.4 is 5.73 Å². The lowest BCUT2D eigenvalue weighted by atomic mass is 10.2. The molecule has 0 aromatic carbocycles. The smallest absolute Gasteiger partial charge is 0.315 e. The van der Waals surface area contributed by atoms with E-state index in [1.807, 2.05) is 24.4 Å². The van der Waals surface area contributed by atoms with Crippen LogP contribution in [0.4, 0.5) is 0 Å². The lowest BCUT2D eigenvalue weighted by Crippen LogP contribution is -2.23. The van der Waals surface area contributed by atoms with Gasteiger partial charge in [0.05, 0.1) is 18.1 Å². The third-order valence-electron chi connectivity index (χ3n) is 1.91. The first-order valence-electron chi connectivity index (χ1n) is 4.62. The Morgan fingerprint density at radius 2 is 2.47 bits per heavy atom. The quantitative estimate of drug-likeness (QED) is 0.807. The highest BCUT2D eigenvalue weighted by molar-refractivity contribution is 8.00. The number of thiophene rings is 1. The number of hydrogen-bond donors (Lipinski definition) is 1. The average molecular weight is 245 g/mol. The monoisotopic (exact) mass is 245 g/mol. The van der Waals surface area contributed by atoms with E-state index in [1.54, 1.807) is 11.3 Å². The van der Waals surface area contributed by atoms with Crippen molar-refractivity contribution in [3.8, 4) is 0 Å². The summed E-state index contributed by atoms with van der Waals surface area (Å²) in [6.07, 6.45) is 0. The molecule has 84 valence electrons. The Hall–Kier alpha value is -0.520. The molecule has 15 heavy (non-hydrogen) atoms. The van der Waals surface area contributed by atoms with Gasteiger partial charge in [-0.2, -0.15) is 0 Å². The van der Waals surface area contributed by atoms with E-state index >= 15 is 0 Å². The van der Waals surface area contributed by atoms with Gasteiger partial charge in [-0.1, -0.05) is 6.07 Å². The zero-order valence-electron chi connectivity index (χ0n) is 8.80. The van der Waals surface area contributed by atoms with Gasteiger partial charge >= 0.3 is 5.97 Å². The van der Waals surface area contributed by atoms with Gasteiger partial charge in [-0.3, -0.25) is 4.79 Å². The summed E-state index contributed by atoms with van der Waals surface area (Å²) in [6.45, 7) is 1.95. The molecule has 1 rings (SSSR count). The fourth-order valence-corrected chi connectivity index (χ4v) is 3.33. The summed E-state index contributed by atoms with van der Waals surface area (Å²) in [4.78, 5) is 12.2. The van der Waals surface area contributed by atoms with Gasteiger partial charge in [0.2, 0.25) is 0 Å². The summed E-state index contributed by atoms with van der Waals surface area (Å²) in [5.41, 5.74) is 5.89. The fraction of sp³-hybridized carbons (Fsp3) is 0.500. The van der Waals surface area contributed by atoms with Crippen molar-refractivity contribution in [1.82, 2.24) is 0 Å². The molecular formula is C10H15NO2S2. The van der Waals surface area contributed by atoms with Crippen LogP contribution >= 0.6 is 23.1 Å². The molecule has 0 saturated heterocycles. The van der Waals surface area contributed by atoms with Gasteiger partial charge in [-0.05, 0) is 18.4 Å². The van der Waals surface area contributed by atoms with Crippen LogP contribution in [0.2, 0.25) is 0 Å². The van der Waals surface area contributed by atoms with E-state index in [9.17, 15) is 4.79 Å². The van der Waals surface area contributed by atoms with Gasteiger partial charge in [-0.15, -0.1) is 23.1 Å². The van der Waals surface area contributed by atoms with E-state index < -0.39 is 0 Å². The molecule has 0 aliphatic rings. The third kappa shape index (κ3) is 3.85.